The molecule has 0 N–H and O–H groups in total. The van der Waals surface area contributed by atoms with Gasteiger partial charge >= 0.3 is 0 Å². The molecule has 1 rings (SSSR count). The van der Waals surface area contributed by atoms with E-state index in [0.717, 1.165) is 13.0 Å². The van der Waals surface area contributed by atoms with Gasteiger partial charge in [0.15, 0.2) is 0 Å². The lowest BCUT2D eigenvalue weighted by Crippen LogP contribution is -2.42. The van der Waals surface area contributed by atoms with Crippen molar-refractivity contribution in [1.82, 2.24) is 4.90 Å². The highest BCUT2D eigenvalue weighted by Crippen LogP contribution is 2.32. The van der Waals surface area contributed by atoms with E-state index in [1.807, 2.05) is 20.8 Å². The zero-order chi connectivity index (χ0) is 12.6. The van der Waals surface area contributed by atoms with Gasteiger partial charge < -0.3 is 4.90 Å². The van der Waals surface area contributed by atoms with Gasteiger partial charge in [0.05, 0.1) is 0 Å². The molecule has 1 amide bonds. The molecule has 0 spiro atoms. The SMILES string of the molecule is CC(C)(C)CCN(C(=O)C(C)(C)C)C1CC1. The average molecular weight is 225 g/mol. The quantitative estimate of drug-likeness (QED) is 0.720. The zero-order valence-electron chi connectivity index (χ0n) is 11.8. The van der Waals surface area contributed by atoms with E-state index in [0.29, 0.717) is 17.4 Å². The molecule has 0 radical (unpaired) electrons. The van der Waals surface area contributed by atoms with Crippen molar-refractivity contribution in [2.24, 2.45) is 10.8 Å². The molecule has 1 saturated carbocycles. The van der Waals surface area contributed by atoms with Gasteiger partial charge in [0.25, 0.3) is 0 Å². The molecular weight excluding hydrogens is 198 g/mol. The van der Waals surface area contributed by atoms with E-state index < -0.39 is 0 Å². The predicted octanol–water partition coefficient (Wildman–Crippen LogP) is 3.46. The van der Waals surface area contributed by atoms with E-state index in [1.54, 1.807) is 0 Å². The summed E-state index contributed by atoms with van der Waals surface area (Å²) >= 11 is 0. The number of hydrogen-bond donors (Lipinski definition) is 0. The van der Waals surface area contributed by atoms with Crippen LogP contribution in [0, 0.1) is 10.8 Å². The molecule has 1 aliphatic rings. The Labute approximate surface area is 100 Å². The molecule has 0 aliphatic heterocycles. The van der Waals surface area contributed by atoms with Crippen LogP contribution < -0.4 is 0 Å². The number of carbonyl (C=O) groups excluding carboxylic acids is 1. The van der Waals surface area contributed by atoms with Crippen molar-refractivity contribution in [3.05, 3.63) is 0 Å². The van der Waals surface area contributed by atoms with Crippen LogP contribution in [0.15, 0.2) is 0 Å². The van der Waals surface area contributed by atoms with Gasteiger partial charge in [0, 0.05) is 18.0 Å². The van der Waals surface area contributed by atoms with Crippen LogP contribution in [-0.2, 0) is 4.79 Å². The predicted molar refractivity (Wildman–Crippen MR) is 68.3 cm³/mol. The topological polar surface area (TPSA) is 20.3 Å². The third-order valence-corrected chi connectivity index (χ3v) is 2.99. The van der Waals surface area contributed by atoms with Gasteiger partial charge in [-0.25, -0.2) is 0 Å². The van der Waals surface area contributed by atoms with E-state index in [4.69, 9.17) is 0 Å². The Balaban J connectivity index is 2.58. The molecule has 0 bridgehead atoms. The summed E-state index contributed by atoms with van der Waals surface area (Å²) in [4.78, 5) is 14.4. The van der Waals surface area contributed by atoms with Crippen molar-refractivity contribution >= 4 is 5.91 Å². The van der Waals surface area contributed by atoms with Gasteiger partial charge in [-0.2, -0.15) is 0 Å². The summed E-state index contributed by atoms with van der Waals surface area (Å²) in [6.07, 6.45) is 3.49. The fraction of sp³-hybridized carbons (Fsp3) is 0.929. The average Bonchev–Trinajstić information content (AvgIpc) is 2.84. The van der Waals surface area contributed by atoms with Gasteiger partial charge in [-0.15, -0.1) is 0 Å². The van der Waals surface area contributed by atoms with Crippen LogP contribution in [0.3, 0.4) is 0 Å². The minimum absolute atomic E-state index is 0.236. The molecule has 0 atom stereocenters. The maximum Gasteiger partial charge on any atom is 0.228 e. The van der Waals surface area contributed by atoms with E-state index >= 15 is 0 Å². The fourth-order valence-corrected chi connectivity index (χ4v) is 1.72. The Morgan fingerprint density at radius 2 is 1.62 bits per heavy atom. The molecule has 2 nitrogen and oxygen atoms in total. The normalized spacial score (nSPS) is 17.4. The maximum absolute atomic E-state index is 12.3. The minimum atomic E-state index is -0.236. The first-order chi connectivity index (χ1) is 7.11. The summed E-state index contributed by atoms with van der Waals surface area (Å²) in [6, 6.07) is 0.536. The van der Waals surface area contributed by atoms with Crippen LogP contribution in [0.25, 0.3) is 0 Å². The Hall–Kier alpha value is -0.530. The molecule has 1 aliphatic carbocycles. The van der Waals surface area contributed by atoms with Crippen molar-refractivity contribution in [2.75, 3.05) is 6.54 Å². The first-order valence-electron chi connectivity index (χ1n) is 6.42. The third-order valence-electron chi connectivity index (χ3n) is 2.99. The second kappa shape index (κ2) is 4.38. The molecule has 1 fully saturated rings. The molecule has 0 aromatic heterocycles. The van der Waals surface area contributed by atoms with Crippen LogP contribution in [-0.4, -0.2) is 23.4 Å². The number of amides is 1. The van der Waals surface area contributed by atoms with Crippen molar-refractivity contribution in [3.63, 3.8) is 0 Å². The molecule has 0 aromatic carbocycles. The molecule has 0 saturated heterocycles. The van der Waals surface area contributed by atoms with Crippen molar-refractivity contribution < 1.29 is 4.79 Å². The molecular formula is C14H27NO. The summed E-state index contributed by atoms with van der Waals surface area (Å²) < 4.78 is 0. The molecule has 0 unspecified atom stereocenters. The lowest BCUT2D eigenvalue weighted by Gasteiger charge is -2.32. The summed E-state index contributed by atoms with van der Waals surface area (Å²) in [6.45, 7) is 13.7. The van der Waals surface area contributed by atoms with Crippen LogP contribution in [0.2, 0.25) is 0 Å². The van der Waals surface area contributed by atoms with Crippen LogP contribution in [0.1, 0.15) is 60.8 Å². The number of carbonyl (C=O) groups is 1. The molecule has 2 heteroatoms. The molecule has 94 valence electrons. The summed E-state index contributed by atoms with van der Waals surface area (Å²) in [5, 5.41) is 0. The first kappa shape index (κ1) is 13.5. The van der Waals surface area contributed by atoms with Gasteiger partial charge in [-0.1, -0.05) is 41.5 Å². The molecule has 16 heavy (non-hydrogen) atoms. The second-order valence-electron chi connectivity index (χ2n) is 7.29. The monoisotopic (exact) mass is 225 g/mol. The van der Waals surface area contributed by atoms with Crippen LogP contribution in [0.4, 0.5) is 0 Å². The van der Waals surface area contributed by atoms with Crippen molar-refractivity contribution in [2.45, 2.75) is 66.8 Å². The first-order valence-corrected chi connectivity index (χ1v) is 6.42. The molecule has 0 aromatic rings. The van der Waals surface area contributed by atoms with Crippen LogP contribution >= 0.6 is 0 Å². The van der Waals surface area contributed by atoms with Gasteiger partial charge in [0.2, 0.25) is 5.91 Å². The second-order valence-corrected chi connectivity index (χ2v) is 7.29. The minimum Gasteiger partial charge on any atom is -0.339 e. The number of hydrogen-bond acceptors (Lipinski definition) is 1. The highest BCUT2D eigenvalue weighted by atomic mass is 16.2. The Morgan fingerprint density at radius 3 is 1.94 bits per heavy atom. The molecule has 0 heterocycles. The van der Waals surface area contributed by atoms with Crippen molar-refractivity contribution in [3.8, 4) is 0 Å². The van der Waals surface area contributed by atoms with Gasteiger partial charge in [-0.3, -0.25) is 4.79 Å². The van der Waals surface area contributed by atoms with E-state index in [1.165, 1.54) is 12.8 Å². The fourth-order valence-electron chi connectivity index (χ4n) is 1.72. The van der Waals surface area contributed by atoms with E-state index in [9.17, 15) is 4.79 Å². The Kier molecular flexibility index (Phi) is 3.71. The third kappa shape index (κ3) is 4.15. The summed E-state index contributed by atoms with van der Waals surface area (Å²) in [5.41, 5.74) is 0.0752. The largest absolute Gasteiger partial charge is 0.339 e. The van der Waals surface area contributed by atoms with E-state index in [-0.39, 0.29) is 5.41 Å². The van der Waals surface area contributed by atoms with E-state index in [2.05, 4.69) is 25.7 Å². The Bertz CT molecular complexity index is 253. The zero-order valence-corrected chi connectivity index (χ0v) is 11.8. The smallest absolute Gasteiger partial charge is 0.228 e. The summed E-state index contributed by atoms with van der Waals surface area (Å²) in [7, 11) is 0. The standard InChI is InChI=1S/C14H27NO/c1-13(2,3)9-10-15(11-7-8-11)12(16)14(4,5)6/h11H,7-10H2,1-6H3. The van der Waals surface area contributed by atoms with Gasteiger partial charge in [0.1, 0.15) is 0 Å². The van der Waals surface area contributed by atoms with Crippen LogP contribution in [0.5, 0.6) is 0 Å². The lowest BCUT2D eigenvalue weighted by atomic mass is 9.90. The van der Waals surface area contributed by atoms with Gasteiger partial charge in [-0.05, 0) is 24.7 Å². The maximum atomic E-state index is 12.3. The lowest BCUT2D eigenvalue weighted by molar-refractivity contribution is -0.140. The highest BCUT2D eigenvalue weighted by molar-refractivity contribution is 5.82. The number of rotatable bonds is 3. The Morgan fingerprint density at radius 1 is 1.12 bits per heavy atom. The number of nitrogens with zero attached hydrogens (tertiary/aromatic N) is 1. The highest BCUT2D eigenvalue weighted by Gasteiger charge is 2.37. The summed E-state index contributed by atoms with van der Waals surface area (Å²) in [5.74, 6) is 0.319. The van der Waals surface area contributed by atoms with Crippen molar-refractivity contribution in [1.29, 1.82) is 0 Å².